The van der Waals surface area contributed by atoms with Crippen LogP contribution in [0.15, 0.2) is 28.7 Å². The van der Waals surface area contributed by atoms with Crippen molar-refractivity contribution >= 4 is 15.9 Å². The summed E-state index contributed by atoms with van der Waals surface area (Å²) in [6.07, 6.45) is -0.00176. The molecule has 1 atom stereocenters. The van der Waals surface area contributed by atoms with E-state index in [0.29, 0.717) is 13.0 Å². The predicted octanol–water partition coefficient (Wildman–Crippen LogP) is 3.40. The standard InChI is InChI=1S/C16H21BrN2O2/c1-4-19-14(16(17)11(2)18-19)9-15(20)13-7-5-12(6-8-13)10-21-3/h5-8,15,20H,4,9-10H2,1-3H3. The molecule has 0 aliphatic heterocycles. The highest BCUT2D eigenvalue weighted by Crippen LogP contribution is 2.26. The SMILES string of the molecule is CCn1nc(C)c(Br)c1CC(O)c1ccc(COC)cc1. The Labute approximate surface area is 133 Å². The van der Waals surface area contributed by atoms with E-state index in [1.54, 1.807) is 7.11 Å². The van der Waals surface area contributed by atoms with E-state index in [9.17, 15) is 5.11 Å². The Hall–Kier alpha value is -1.17. The summed E-state index contributed by atoms with van der Waals surface area (Å²) in [7, 11) is 1.68. The van der Waals surface area contributed by atoms with Gasteiger partial charge in [0.2, 0.25) is 0 Å². The fourth-order valence-electron chi connectivity index (χ4n) is 2.37. The van der Waals surface area contributed by atoms with Gasteiger partial charge in [-0.25, -0.2) is 0 Å². The van der Waals surface area contributed by atoms with Crippen LogP contribution < -0.4 is 0 Å². The molecule has 0 aliphatic rings. The molecule has 1 aromatic carbocycles. The molecule has 0 radical (unpaired) electrons. The summed E-state index contributed by atoms with van der Waals surface area (Å²) in [5.74, 6) is 0. The number of hydrogen-bond donors (Lipinski definition) is 1. The maximum atomic E-state index is 10.5. The maximum absolute atomic E-state index is 10.5. The largest absolute Gasteiger partial charge is 0.388 e. The number of aliphatic hydroxyl groups excluding tert-OH is 1. The Kier molecular flexibility index (Phi) is 5.56. The van der Waals surface area contributed by atoms with Gasteiger partial charge in [0.15, 0.2) is 0 Å². The first kappa shape index (κ1) is 16.2. The highest BCUT2D eigenvalue weighted by Gasteiger charge is 2.17. The second-order valence-electron chi connectivity index (χ2n) is 5.06. The number of methoxy groups -OCH3 is 1. The fraction of sp³-hybridized carbons (Fsp3) is 0.438. The van der Waals surface area contributed by atoms with E-state index in [2.05, 4.69) is 21.0 Å². The first-order valence-electron chi connectivity index (χ1n) is 7.04. The summed E-state index contributed by atoms with van der Waals surface area (Å²) in [6.45, 7) is 5.39. The zero-order chi connectivity index (χ0) is 15.4. The average molecular weight is 353 g/mol. The molecule has 4 nitrogen and oxygen atoms in total. The smallest absolute Gasteiger partial charge is 0.0845 e. The molecular weight excluding hydrogens is 332 g/mol. The molecule has 0 aliphatic carbocycles. The summed E-state index contributed by atoms with van der Waals surface area (Å²) in [4.78, 5) is 0. The monoisotopic (exact) mass is 352 g/mol. The third kappa shape index (κ3) is 3.73. The second-order valence-corrected chi connectivity index (χ2v) is 5.85. The van der Waals surface area contributed by atoms with E-state index < -0.39 is 6.10 Å². The van der Waals surface area contributed by atoms with Gasteiger partial charge in [-0.3, -0.25) is 4.68 Å². The molecule has 2 aromatic rings. The molecule has 0 saturated heterocycles. The molecule has 0 bridgehead atoms. The minimum absolute atomic E-state index is 0.541. The maximum Gasteiger partial charge on any atom is 0.0845 e. The number of aryl methyl sites for hydroxylation is 2. The van der Waals surface area contributed by atoms with Gasteiger partial charge in [-0.1, -0.05) is 24.3 Å². The van der Waals surface area contributed by atoms with E-state index in [0.717, 1.165) is 33.5 Å². The number of halogens is 1. The molecular formula is C16H21BrN2O2. The Bertz CT molecular complexity index is 593. The molecule has 2 rings (SSSR count). The molecule has 1 N–H and O–H groups in total. The molecule has 114 valence electrons. The van der Waals surface area contributed by atoms with Crippen LogP contribution in [0.1, 0.15) is 35.5 Å². The first-order valence-corrected chi connectivity index (χ1v) is 7.83. The van der Waals surface area contributed by atoms with Crippen molar-refractivity contribution in [2.45, 2.75) is 39.5 Å². The van der Waals surface area contributed by atoms with Crippen LogP contribution in [-0.4, -0.2) is 22.0 Å². The van der Waals surface area contributed by atoms with Gasteiger partial charge in [0.1, 0.15) is 0 Å². The van der Waals surface area contributed by atoms with Gasteiger partial charge in [-0.05, 0) is 40.9 Å². The van der Waals surface area contributed by atoms with Crippen LogP contribution in [-0.2, 0) is 24.3 Å². The zero-order valence-electron chi connectivity index (χ0n) is 12.6. The van der Waals surface area contributed by atoms with Crippen LogP contribution in [0.5, 0.6) is 0 Å². The summed E-state index contributed by atoms with van der Waals surface area (Å²) in [5, 5.41) is 14.9. The van der Waals surface area contributed by atoms with Gasteiger partial charge in [-0.2, -0.15) is 5.10 Å². The third-order valence-electron chi connectivity index (χ3n) is 3.52. The number of aromatic nitrogens is 2. The van der Waals surface area contributed by atoms with Crippen LogP contribution in [0.4, 0.5) is 0 Å². The van der Waals surface area contributed by atoms with Crippen molar-refractivity contribution in [3.8, 4) is 0 Å². The fourth-order valence-corrected chi connectivity index (χ4v) is 2.81. The number of ether oxygens (including phenoxy) is 1. The number of nitrogens with zero attached hydrogens (tertiary/aromatic N) is 2. The molecule has 0 fully saturated rings. The lowest BCUT2D eigenvalue weighted by atomic mass is 10.0. The summed E-state index contributed by atoms with van der Waals surface area (Å²) < 4.78 is 8.01. The molecule has 5 heteroatoms. The predicted molar refractivity (Wildman–Crippen MR) is 86.2 cm³/mol. The molecule has 1 unspecified atom stereocenters. The number of benzene rings is 1. The number of aliphatic hydroxyl groups is 1. The highest BCUT2D eigenvalue weighted by atomic mass is 79.9. The number of rotatable bonds is 6. The third-order valence-corrected chi connectivity index (χ3v) is 4.55. The van der Waals surface area contributed by atoms with E-state index in [4.69, 9.17) is 4.74 Å². The molecule has 21 heavy (non-hydrogen) atoms. The molecule has 0 saturated carbocycles. The molecule has 1 aromatic heterocycles. The normalized spacial score (nSPS) is 12.6. The molecule has 0 amide bonds. The van der Waals surface area contributed by atoms with Gasteiger partial charge in [-0.15, -0.1) is 0 Å². The topological polar surface area (TPSA) is 47.3 Å². The Balaban J connectivity index is 2.15. The average Bonchev–Trinajstić information content (AvgIpc) is 2.76. The first-order chi connectivity index (χ1) is 10.1. The molecule has 0 spiro atoms. The van der Waals surface area contributed by atoms with E-state index in [-0.39, 0.29) is 0 Å². The van der Waals surface area contributed by atoms with Crippen molar-refractivity contribution in [2.75, 3.05) is 7.11 Å². The van der Waals surface area contributed by atoms with Crippen molar-refractivity contribution < 1.29 is 9.84 Å². The lowest BCUT2D eigenvalue weighted by Crippen LogP contribution is -2.09. The Morgan fingerprint density at radius 3 is 2.57 bits per heavy atom. The van der Waals surface area contributed by atoms with Gasteiger partial charge in [0.05, 0.1) is 28.6 Å². The summed E-state index contributed by atoms with van der Waals surface area (Å²) in [6, 6.07) is 7.87. The van der Waals surface area contributed by atoms with Gasteiger partial charge >= 0.3 is 0 Å². The van der Waals surface area contributed by atoms with Crippen molar-refractivity contribution in [1.29, 1.82) is 0 Å². The highest BCUT2D eigenvalue weighted by molar-refractivity contribution is 9.10. The van der Waals surface area contributed by atoms with Gasteiger partial charge in [0.25, 0.3) is 0 Å². The lowest BCUT2D eigenvalue weighted by Gasteiger charge is -2.13. The van der Waals surface area contributed by atoms with E-state index in [1.807, 2.05) is 42.8 Å². The van der Waals surface area contributed by atoms with E-state index >= 15 is 0 Å². The van der Waals surface area contributed by atoms with Crippen molar-refractivity contribution in [2.24, 2.45) is 0 Å². The minimum atomic E-state index is -0.542. The Morgan fingerprint density at radius 1 is 1.33 bits per heavy atom. The van der Waals surface area contributed by atoms with Crippen molar-refractivity contribution in [1.82, 2.24) is 9.78 Å². The van der Waals surface area contributed by atoms with E-state index in [1.165, 1.54) is 0 Å². The lowest BCUT2D eigenvalue weighted by molar-refractivity contribution is 0.174. The van der Waals surface area contributed by atoms with Crippen molar-refractivity contribution in [3.05, 3.63) is 51.3 Å². The zero-order valence-corrected chi connectivity index (χ0v) is 14.2. The van der Waals surface area contributed by atoms with Crippen LogP contribution in [0.2, 0.25) is 0 Å². The van der Waals surface area contributed by atoms with Gasteiger partial charge in [0, 0.05) is 20.1 Å². The summed E-state index contributed by atoms with van der Waals surface area (Å²) >= 11 is 3.56. The van der Waals surface area contributed by atoms with Crippen LogP contribution in [0, 0.1) is 6.92 Å². The van der Waals surface area contributed by atoms with Crippen LogP contribution in [0.3, 0.4) is 0 Å². The minimum Gasteiger partial charge on any atom is -0.388 e. The van der Waals surface area contributed by atoms with Crippen LogP contribution >= 0.6 is 15.9 Å². The Morgan fingerprint density at radius 2 is 2.00 bits per heavy atom. The molecule has 1 heterocycles. The number of hydrogen-bond acceptors (Lipinski definition) is 3. The van der Waals surface area contributed by atoms with Gasteiger partial charge < -0.3 is 9.84 Å². The summed E-state index contributed by atoms with van der Waals surface area (Å²) in [5.41, 5.74) is 3.99. The second kappa shape index (κ2) is 7.20. The van der Waals surface area contributed by atoms with Crippen molar-refractivity contribution in [3.63, 3.8) is 0 Å². The quantitative estimate of drug-likeness (QED) is 0.866. The van der Waals surface area contributed by atoms with Crippen LogP contribution in [0.25, 0.3) is 0 Å².